The van der Waals surface area contributed by atoms with Gasteiger partial charge in [0.1, 0.15) is 6.29 Å². The first-order chi connectivity index (χ1) is 3.06. The van der Waals surface area contributed by atoms with E-state index in [-0.39, 0.29) is 0 Å². The van der Waals surface area contributed by atoms with Crippen LogP contribution >= 0.6 is 0 Å². The molecule has 0 bridgehead atoms. The lowest BCUT2D eigenvalue weighted by atomic mass is 10.9. The van der Waals surface area contributed by atoms with E-state index in [1.54, 1.807) is 0 Å². The predicted octanol–water partition coefficient (Wildman–Crippen LogP) is 1.14. The number of carbonyl (C=O) groups is 1. The van der Waals surface area contributed by atoms with Crippen molar-refractivity contribution in [3.63, 3.8) is 0 Å². The summed E-state index contributed by atoms with van der Waals surface area (Å²) in [5.41, 5.74) is 0. The largest absolute Gasteiger partial charge is 0.303 e. The molecule has 0 N–H and O–H groups in total. The molecule has 1 nitrogen and oxygen atoms in total. The number of hydrogen-bond donors (Lipinski definition) is 0. The highest BCUT2D eigenvalue weighted by Crippen LogP contribution is 2.00. The normalized spacial score (nSPS) is 11.3. The molecule has 0 amide bonds. The Kier molecular flexibility index (Phi) is 2.22. The monoisotopic (exact) mass is 114 g/mol. The quantitative estimate of drug-likeness (QED) is 0.388. The first-order valence-electron chi connectivity index (χ1n) is 2.27. The Morgan fingerprint density at radius 1 is 1.43 bits per heavy atom. The SMILES string of the molecule is C[Si](C)(C)[C]C=O. The second-order valence-electron chi connectivity index (χ2n) is 2.51. The Morgan fingerprint density at radius 3 is 1.86 bits per heavy atom. The Morgan fingerprint density at radius 2 is 1.86 bits per heavy atom. The third-order valence-electron chi connectivity index (χ3n) is 0.492. The number of rotatable bonds is 2. The average Bonchev–Trinajstić information content (AvgIpc) is 1.30. The Balaban J connectivity index is 3.34. The molecule has 0 aromatic heterocycles. The second-order valence-corrected chi connectivity index (χ2v) is 7.30. The third-order valence-corrected chi connectivity index (χ3v) is 1.48. The van der Waals surface area contributed by atoms with Crippen LogP contribution in [-0.4, -0.2) is 14.4 Å². The van der Waals surface area contributed by atoms with Crippen molar-refractivity contribution in [1.29, 1.82) is 0 Å². The first-order valence-corrected chi connectivity index (χ1v) is 5.77. The summed E-state index contributed by atoms with van der Waals surface area (Å²) in [7, 11) is -1.28. The molecular weight excluding hydrogens is 104 g/mol. The van der Waals surface area contributed by atoms with Crippen LogP contribution in [0.25, 0.3) is 0 Å². The highest BCUT2D eigenvalue weighted by atomic mass is 28.3. The van der Waals surface area contributed by atoms with Crippen LogP contribution in [0.2, 0.25) is 19.6 Å². The maximum absolute atomic E-state index is 9.74. The molecule has 2 heteroatoms. The van der Waals surface area contributed by atoms with Crippen molar-refractivity contribution in [2.24, 2.45) is 0 Å². The van der Waals surface area contributed by atoms with E-state index in [1.165, 1.54) is 0 Å². The van der Waals surface area contributed by atoms with Crippen LogP contribution in [0.1, 0.15) is 0 Å². The van der Waals surface area contributed by atoms with E-state index in [0.29, 0.717) is 0 Å². The minimum atomic E-state index is -1.28. The van der Waals surface area contributed by atoms with E-state index in [0.717, 1.165) is 6.29 Å². The Hall–Kier alpha value is -0.113. The van der Waals surface area contributed by atoms with Gasteiger partial charge < -0.3 is 4.79 Å². The topological polar surface area (TPSA) is 17.1 Å². The van der Waals surface area contributed by atoms with E-state index in [2.05, 4.69) is 25.7 Å². The highest BCUT2D eigenvalue weighted by Gasteiger charge is 2.11. The summed E-state index contributed by atoms with van der Waals surface area (Å²) < 4.78 is 0. The fraction of sp³-hybridized carbons (Fsp3) is 0.600. The number of hydrogen-bond acceptors (Lipinski definition) is 1. The minimum absolute atomic E-state index is 0.770. The van der Waals surface area contributed by atoms with Gasteiger partial charge in [-0.1, -0.05) is 19.6 Å². The molecule has 0 saturated carbocycles. The average molecular weight is 114 g/mol. The first kappa shape index (κ1) is 6.89. The molecule has 0 heterocycles. The van der Waals surface area contributed by atoms with Gasteiger partial charge in [-0.2, -0.15) is 0 Å². The summed E-state index contributed by atoms with van der Waals surface area (Å²) in [6.07, 6.45) is 0.770. The van der Waals surface area contributed by atoms with Gasteiger partial charge in [-0.05, 0) is 0 Å². The number of aldehydes is 1. The van der Waals surface area contributed by atoms with Gasteiger partial charge in [-0.25, -0.2) is 0 Å². The van der Waals surface area contributed by atoms with Crippen molar-refractivity contribution >= 4 is 14.4 Å². The van der Waals surface area contributed by atoms with E-state index < -0.39 is 8.07 Å². The van der Waals surface area contributed by atoms with Crippen molar-refractivity contribution in [3.05, 3.63) is 6.04 Å². The summed E-state index contributed by atoms with van der Waals surface area (Å²) in [6, 6.07) is 2.74. The lowest BCUT2D eigenvalue weighted by molar-refractivity contribution is -0.104. The predicted molar refractivity (Wildman–Crippen MR) is 32.7 cm³/mol. The van der Waals surface area contributed by atoms with Gasteiger partial charge in [0.05, 0.1) is 8.07 Å². The van der Waals surface area contributed by atoms with E-state index >= 15 is 0 Å². The molecule has 0 aliphatic carbocycles. The van der Waals surface area contributed by atoms with Crippen LogP contribution in [0.3, 0.4) is 0 Å². The molecule has 7 heavy (non-hydrogen) atoms. The fourth-order valence-electron chi connectivity index (χ4n) is 0.177. The van der Waals surface area contributed by atoms with Gasteiger partial charge in [0.15, 0.2) is 0 Å². The standard InChI is InChI=1S/C5H10OSi/c1-7(2,3)5-4-6/h4H,1-3H3. The summed E-state index contributed by atoms with van der Waals surface area (Å²) in [6.45, 7) is 6.21. The molecule has 0 atom stereocenters. The highest BCUT2D eigenvalue weighted by molar-refractivity contribution is 6.82. The molecule has 40 valence electrons. The van der Waals surface area contributed by atoms with Crippen molar-refractivity contribution in [2.45, 2.75) is 19.6 Å². The molecule has 0 aromatic carbocycles. The second kappa shape index (κ2) is 2.26. The van der Waals surface area contributed by atoms with Gasteiger partial charge in [0.2, 0.25) is 0 Å². The zero-order valence-electron chi connectivity index (χ0n) is 4.99. The lowest BCUT2D eigenvalue weighted by Gasteiger charge is -2.07. The minimum Gasteiger partial charge on any atom is -0.303 e. The van der Waals surface area contributed by atoms with Gasteiger partial charge in [-0.3, -0.25) is 0 Å². The van der Waals surface area contributed by atoms with Gasteiger partial charge in [0.25, 0.3) is 0 Å². The molecule has 0 rings (SSSR count). The van der Waals surface area contributed by atoms with E-state index in [9.17, 15) is 4.79 Å². The summed E-state index contributed by atoms with van der Waals surface area (Å²) in [4.78, 5) is 9.74. The molecule has 0 spiro atoms. The van der Waals surface area contributed by atoms with Crippen molar-refractivity contribution in [2.75, 3.05) is 0 Å². The lowest BCUT2D eigenvalue weighted by Crippen LogP contribution is -2.21. The maximum Gasteiger partial charge on any atom is 0.124 e. The molecular formula is C5H10OSi. The molecule has 0 unspecified atom stereocenters. The molecule has 0 saturated heterocycles. The summed E-state index contributed by atoms with van der Waals surface area (Å²) in [5.74, 6) is 0. The molecule has 2 radical (unpaired) electrons. The summed E-state index contributed by atoms with van der Waals surface area (Å²) >= 11 is 0. The molecule has 0 aromatic rings. The Bertz CT molecular complexity index is 63.0. The molecule has 0 aliphatic rings. The van der Waals surface area contributed by atoms with Gasteiger partial charge in [0, 0.05) is 6.04 Å². The van der Waals surface area contributed by atoms with Crippen LogP contribution in [0.5, 0.6) is 0 Å². The van der Waals surface area contributed by atoms with Crippen LogP contribution in [0.4, 0.5) is 0 Å². The van der Waals surface area contributed by atoms with Crippen LogP contribution in [-0.2, 0) is 4.79 Å². The van der Waals surface area contributed by atoms with Crippen LogP contribution in [0.15, 0.2) is 0 Å². The van der Waals surface area contributed by atoms with Gasteiger partial charge >= 0.3 is 0 Å². The molecule has 0 fully saturated rings. The van der Waals surface area contributed by atoms with Crippen molar-refractivity contribution < 1.29 is 4.79 Å². The number of carbonyl (C=O) groups excluding carboxylic acids is 1. The van der Waals surface area contributed by atoms with Crippen LogP contribution < -0.4 is 0 Å². The van der Waals surface area contributed by atoms with E-state index in [4.69, 9.17) is 0 Å². The third kappa shape index (κ3) is 5.89. The van der Waals surface area contributed by atoms with Crippen molar-refractivity contribution in [1.82, 2.24) is 0 Å². The molecule has 0 aliphatic heterocycles. The van der Waals surface area contributed by atoms with Crippen LogP contribution in [0, 0.1) is 6.04 Å². The smallest absolute Gasteiger partial charge is 0.124 e. The Labute approximate surface area is 45.7 Å². The zero-order chi connectivity index (χ0) is 5.91. The fourth-order valence-corrected chi connectivity index (χ4v) is 0.530. The maximum atomic E-state index is 9.74. The summed E-state index contributed by atoms with van der Waals surface area (Å²) in [5, 5.41) is 0. The van der Waals surface area contributed by atoms with E-state index in [1.807, 2.05) is 0 Å². The van der Waals surface area contributed by atoms with Gasteiger partial charge in [-0.15, -0.1) is 0 Å². The zero-order valence-corrected chi connectivity index (χ0v) is 5.99. The van der Waals surface area contributed by atoms with Crippen molar-refractivity contribution in [3.8, 4) is 0 Å².